The van der Waals surface area contributed by atoms with Crippen LogP contribution in [-0.2, 0) is 24.3 Å². The zero-order valence-electron chi connectivity index (χ0n) is 18.2. The molecule has 0 aliphatic rings. The first-order chi connectivity index (χ1) is 14.9. The van der Waals surface area contributed by atoms with Crippen molar-refractivity contribution in [3.05, 3.63) is 31.7 Å². The summed E-state index contributed by atoms with van der Waals surface area (Å²) in [6, 6.07) is 0. The van der Waals surface area contributed by atoms with Crippen molar-refractivity contribution in [2.45, 2.75) is 78.8 Å². The highest BCUT2D eigenvalue weighted by atomic mass is 32.1. The Bertz CT molecular complexity index is 1160. The number of hydrogen-bond donors (Lipinski definition) is 2. The minimum Gasteiger partial charge on any atom is -0.322 e. The van der Waals surface area contributed by atoms with Crippen molar-refractivity contribution in [3.63, 3.8) is 0 Å². The van der Waals surface area contributed by atoms with Gasteiger partial charge in [0.25, 0.3) is 5.56 Å². The Labute approximate surface area is 183 Å². The molecule has 0 fully saturated rings. The van der Waals surface area contributed by atoms with Crippen LogP contribution in [0, 0.1) is 6.92 Å². The molecule has 0 saturated heterocycles. The Morgan fingerprint density at radius 2 is 1.81 bits per heavy atom. The van der Waals surface area contributed by atoms with Gasteiger partial charge < -0.3 is 9.88 Å². The summed E-state index contributed by atoms with van der Waals surface area (Å²) >= 11 is 1.31. The number of aromatic nitrogens is 6. The van der Waals surface area contributed by atoms with E-state index in [1.807, 2.05) is 18.4 Å². The van der Waals surface area contributed by atoms with Crippen LogP contribution in [0.4, 0.5) is 5.13 Å². The Balaban J connectivity index is 1.91. The number of aromatic amines is 1. The topological polar surface area (TPSA) is 128 Å². The van der Waals surface area contributed by atoms with Crippen molar-refractivity contribution in [1.82, 2.24) is 29.3 Å². The minimum atomic E-state index is -0.444. The van der Waals surface area contributed by atoms with E-state index in [2.05, 4.69) is 32.4 Å². The molecular formula is C20H29N7O3S. The van der Waals surface area contributed by atoms with Crippen molar-refractivity contribution < 1.29 is 4.79 Å². The maximum Gasteiger partial charge on any atom is 0.330 e. The highest BCUT2D eigenvalue weighted by Gasteiger charge is 2.19. The summed E-state index contributed by atoms with van der Waals surface area (Å²) in [5.41, 5.74) is -0.0762. The molecule has 0 spiro atoms. The lowest BCUT2D eigenvalue weighted by Crippen LogP contribution is -2.31. The molecule has 0 aliphatic carbocycles. The van der Waals surface area contributed by atoms with Gasteiger partial charge >= 0.3 is 5.69 Å². The molecule has 3 heterocycles. The number of carbonyl (C=O) groups excluding carboxylic acids is 1. The lowest BCUT2D eigenvalue weighted by molar-refractivity contribution is -0.116. The SMILES string of the molecule is CCCCCn1c(CCC(=O)Nc2nnc(C)s2)nc2c1c(=O)[nH]c(=O)n2CCCC. The molecule has 3 aromatic rings. The fraction of sp³-hybridized carbons (Fsp3) is 0.600. The number of imidazole rings is 1. The fourth-order valence-electron chi connectivity index (χ4n) is 3.45. The summed E-state index contributed by atoms with van der Waals surface area (Å²) in [7, 11) is 0. The minimum absolute atomic E-state index is 0.187. The molecule has 168 valence electrons. The van der Waals surface area contributed by atoms with Crippen molar-refractivity contribution in [2.24, 2.45) is 0 Å². The molecule has 11 heteroatoms. The van der Waals surface area contributed by atoms with E-state index in [-0.39, 0.29) is 12.3 Å². The van der Waals surface area contributed by atoms with Crippen molar-refractivity contribution in [1.29, 1.82) is 0 Å². The summed E-state index contributed by atoms with van der Waals surface area (Å²) in [6.07, 6.45) is 5.22. The predicted octanol–water partition coefficient (Wildman–Crippen LogP) is 2.61. The number of nitrogens with zero attached hydrogens (tertiary/aromatic N) is 5. The second kappa shape index (κ2) is 10.5. The number of fused-ring (bicyclic) bond motifs is 1. The van der Waals surface area contributed by atoms with Gasteiger partial charge in [-0.2, -0.15) is 0 Å². The van der Waals surface area contributed by atoms with E-state index in [0.29, 0.717) is 41.6 Å². The van der Waals surface area contributed by atoms with Crippen LogP contribution in [0.15, 0.2) is 9.59 Å². The first-order valence-corrected chi connectivity index (χ1v) is 11.6. The lowest BCUT2D eigenvalue weighted by atomic mass is 10.2. The van der Waals surface area contributed by atoms with Gasteiger partial charge in [0.05, 0.1) is 0 Å². The summed E-state index contributed by atoms with van der Waals surface area (Å²) in [4.78, 5) is 44.5. The Kier molecular flexibility index (Phi) is 7.72. The fourth-order valence-corrected chi connectivity index (χ4v) is 4.06. The van der Waals surface area contributed by atoms with Gasteiger partial charge in [-0.25, -0.2) is 9.78 Å². The third kappa shape index (κ3) is 5.46. The van der Waals surface area contributed by atoms with E-state index in [1.165, 1.54) is 15.9 Å². The van der Waals surface area contributed by atoms with Gasteiger partial charge in [0.15, 0.2) is 11.2 Å². The van der Waals surface area contributed by atoms with Gasteiger partial charge in [-0.3, -0.25) is 19.1 Å². The molecule has 31 heavy (non-hydrogen) atoms. The molecule has 0 atom stereocenters. The first-order valence-electron chi connectivity index (χ1n) is 10.8. The molecule has 10 nitrogen and oxygen atoms in total. The summed E-state index contributed by atoms with van der Waals surface area (Å²) in [5, 5.41) is 11.8. The first kappa shape index (κ1) is 22.9. The molecule has 0 saturated carbocycles. The Hall–Kier alpha value is -2.82. The van der Waals surface area contributed by atoms with Crippen LogP contribution in [0.5, 0.6) is 0 Å². The molecule has 0 radical (unpaired) electrons. The number of anilines is 1. The van der Waals surface area contributed by atoms with Crippen LogP contribution in [0.1, 0.15) is 63.2 Å². The van der Waals surface area contributed by atoms with E-state index in [1.54, 1.807) is 0 Å². The second-order valence-electron chi connectivity index (χ2n) is 7.50. The monoisotopic (exact) mass is 447 g/mol. The van der Waals surface area contributed by atoms with E-state index in [4.69, 9.17) is 0 Å². The highest BCUT2D eigenvalue weighted by molar-refractivity contribution is 7.15. The number of aryl methyl sites for hydroxylation is 4. The van der Waals surface area contributed by atoms with Gasteiger partial charge in [0.1, 0.15) is 10.8 Å². The average Bonchev–Trinajstić information content (AvgIpc) is 3.30. The van der Waals surface area contributed by atoms with Crippen LogP contribution >= 0.6 is 11.3 Å². The molecule has 0 aromatic carbocycles. The molecule has 3 rings (SSSR count). The van der Waals surface area contributed by atoms with Gasteiger partial charge in [-0.1, -0.05) is 44.4 Å². The quantitative estimate of drug-likeness (QED) is 0.435. The van der Waals surface area contributed by atoms with Crippen LogP contribution in [-0.4, -0.2) is 35.2 Å². The highest BCUT2D eigenvalue weighted by Crippen LogP contribution is 2.17. The number of amides is 1. The lowest BCUT2D eigenvalue weighted by Gasteiger charge is -2.09. The number of hydrogen-bond acceptors (Lipinski definition) is 7. The van der Waals surface area contributed by atoms with E-state index in [9.17, 15) is 14.4 Å². The largest absolute Gasteiger partial charge is 0.330 e. The molecular weight excluding hydrogens is 418 g/mol. The summed E-state index contributed by atoms with van der Waals surface area (Å²) in [6.45, 7) is 7.08. The van der Waals surface area contributed by atoms with Gasteiger partial charge in [0, 0.05) is 25.9 Å². The third-order valence-corrected chi connectivity index (χ3v) is 5.79. The number of unbranched alkanes of at least 4 members (excludes halogenated alkanes) is 3. The Morgan fingerprint density at radius 3 is 2.48 bits per heavy atom. The summed E-state index contributed by atoms with van der Waals surface area (Å²) in [5.74, 6) is 0.441. The van der Waals surface area contributed by atoms with E-state index in [0.717, 1.165) is 37.1 Å². The standard InChI is InChI=1S/C20H29N7O3S/c1-4-6-8-12-26-14(9-10-15(28)22-19-25-24-13(3)31-19)21-17-16(26)18(29)23-20(30)27(17)11-7-5-2/h4-12H2,1-3H3,(H,22,25,28)(H,23,29,30). The molecule has 3 aromatic heterocycles. The second-order valence-corrected chi connectivity index (χ2v) is 8.68. The number of rotatable bonds is 11. The smallest absolute Gasteiger partial charge is 0.322 e. The van der Waals surface area contributed by atoms with Crippen LogP contribution in [0.2, 0.25) is 0 Å². The Morgan fingerprint density at radius 1 is 1.06 bits per heavy atom. The molecule has 2 N–H and O–H groups in total. The normalized spacial score (nSPS) is 11.3. The molecule has 0 bridgehead atoms. The average molecular weight is 448 g/mol. The summed E-state index contributed by atoms with van der Waals surface area (Å²) < 4.78 is 3.40. The van der Waals surface area contributed by atoms with Crippen LogP contribution < -0.4 is 16.6 Å². The van der Waals surface area contributed by atoms with Crippen LogP contribution in [0.3, 0.4) is 0 Å². The van der Waals surface area contributed by atoms with Crippen LogP contribution in [0.25, 0.3) is 11.2 Å². The van der Waals surface area contributed by atoms with Crippen molar-refractivity contribution in [3.8, 4) is 0 Å². The van der Waals surface area contributed by atoms with Gasteiger partial charge in [-0.05, 0) is 19.8 Å². The van der Waals surface area contributed by atoms with Gasteiger partial charge in [-0.15, -0.1) is 10.2 Å². The van der Waals surface area contributed by atoms with Gasteiger partial charge in [0.2, 0.25) is 11.0 Å². The van der Waals surface area contributed by atoms with E-state index >= 15 is 0 Å². The van der Waals surface area contributed by atoms with Crippen molar-refractivity contribution in [2.75, 3.05) is 5.32 Å². The zero-order valence-corrected chi connectivity index (χ0v) is 19.0. The molecule has 0 unspecified atom stereocenters. The third-order valence-electron chi connectivity index (χ3n) is 5.03. The predicted molar refractivity (Wildman–Crippen MR) is 121 cm³/mol. The number of nitrogens with one attached hydrogen (secondary N) is 2. The number of H-pyrrole nitrogens is 1. The number of carbonyl (C=O) groups is 1. The maximum atomic E-state index is 12.7. The molecule has 1 amide bonds. The molecule has 0 aliphatic heterocycles. The maximum absolute atomic E-state index is 12.7. The van der Waals surface area contributed by atoms with Crippen molar-refractivity contribution >= 4 is 33.5 Å². The zero-order chi connectivity index (χ0) is 22.4. The van der Waals surface area contributed by atoms with E-state index < -0.39 is 11.2 Å².